The molecule has 49 heavy (non-hydrogen) atoms. The molecule has 0 saturated heterocycles. The number of nitrogens with one attached hydrogen (secondary N) is 1. The van der Waals surface area contributed by atoms with Crippen LogP contribution in [0.2, 0.25) is 0 Å². The minimum atomic E-state index is 0.757. The van der Waals surface area contributed by atoms with E-state index in [2.05, 4.69) is 185 Å². The predicted octanol–water partition coefficient (Wildman–Crippen LogP) is 13.0. The lowest BCUT2D eigenvalue weighted by Crippen LogP contribution is -2.26. The zero-order valence-electron chi connectivity index (χ0n) is 26.6. The molecule has 0 amide bonds. The Hall–Kier alpha value is -3.49. The Bertz CT molecular complexity index is 2290. The van der Waals surface area contributed by atoms with Gasteiger partial charge in [0.25, 0.3) is 0 Å². The van der Waals surface area contributed by atoms with Gasteiger partial charge >= 0.3 is 0 Å². The summed E-state index contributed by atoms with van der Waals surface area (Å²) in [6, 6.07) is 38.9. The quantitative estimate of drug-likeness (QED) is 0.187. The van der Waals surface area contributed by atoms with Crippen molar-refractivity contribution < 1.29 is 4.74 Å². The summed E-state index contributed by atoms with van der Waals surface area (Å²) < 4.78 is 11.5. The van der Waals surface area contributed by atoms with Gasteiger partial charge in [-0.25, -0.2) is 0 Å². The standard InChI is InChI=1S/C42H30Br4N2O/c1-24-22-33-35(25-4-12-29(43)13-5-25)37(27-8-16-31(45)17-9-27)39(42-47-20-2-3-21-48-42)41-38(33)34(23-24)36(26-6-14-30(44)15-7-26)40(49-41)28-10-18-32(46)19-11-28/h4-19,22-23H,2-3,20-21H2,1H3,(H,47,48). The van der Waals surface area contributed by atoms with Gasteiger partial charge in [-0.05, 0) is 107 Å². The topological polar surface area (TPSA) is 33.6 Å². The Morgan fingerprint density at radius 1 is 0.592 bits per heavy atom. The molecular formula is C42H30Br4N2O. The van der Waals surface area contributed by atoms with Crippen LogP contribution in [-0.2, 0) is 0 Å². The SMILES string of the molecule is Cc1cc2c3c(c(C4=NCCCCN4)c(-c4ccc(Br)cc4)c(-c4ccc(Br)cc4)c3c1)OC(c1ccc(Br)cc1)=C2c1ccc(Br)cc1. The van der Waals surface area contributed by atoms with Gasteiger partial charge in [0.1, 0.15) is 17.3 Å². The van der Waals surface area contributed by atoms with Crippen LogP contribution >= 0.6 is 63.7 Å². The summed E-state index contributed by atoms with van der Waals surface area (Å²) in [4.78, 5) is 5.21. The highest BCUT2D eigenvalue weighted by molar-refractivity contribution is 9.11. The zero-order chi connectivity index (χ0) is 33.6. The van der Waals surface area contributed by atoms with E-state index in [9.17, 15) is 0 Å². The molecule has 0 unspecified atom stereocenters. The highest BCUT2D eigenvalue weighted by Crippen LogP contribution is 2.54. The van der Waals surface area contributed by atoms with E-state index < -0.39 is 0 Å². The molecule has 0 atom stereocenters. The van der Waals surface area contributed by atoms with Gasteiger partial charge in [-0.15, -0.1) is 0 Å². The first-order valence-electron chi connectivity index (χ1n) is 16.2. The second-order valence-corrected chi connectivity index (χ2v) is 16.0. The van der Waals surface area contributed by atoms with Gasteiger partial charge in [-0.1, -0.05) is 124 Å². The van der Waals surface area contributed by atoms with Crippen LogP contribution in [-0.4, -0.2) is 18.9 Å². The van der Waals surface area contributed by atoms with Gasteiger partial charge in [0, 0.05) is 53.1 Å². The van der Waals surface area contributed by atoms with E-state index in [1.54, 1.807) is 0 Å². The van der Waals surface area contributed by atoms with E-state index in [4.69, 9.17) is 9.73 Å². The van der Waals surface area contributed by atoms with E-state index in [-0.39, 0.29) is 0 Å². The largest absolute Gasteiger partial charge is 0.455 e. The number of aryl methyl sites for hydroxylation is 1. The maximum absolute atomic E-state index is 7.40. The molecule has 7 heteroatoms. The van der Waals surface area contributed by atoms with Crippen LogP contribution in [0.1, 0.15) is 40.7 Å². The van der Waals surface area contributed by atoms with Gasteiger partial charge in [0.15, 0.2) is 0 Å². The summed E-state index contributed by atoms with van der Waals surface area (Å²) in [7, 11) is 0. The molecule has 0 radical (unpaired) electrons. The minimum absolute atomic E-state index is 0.757. The molecule has 8 rings (SSSR count). The first-order valence-corrected chi connectivity index (χ1v) is 19.4. The lowest BCUT2D eigenvalue weighted by molar-refractivity contribution is 0.518. The van der Waals surface area contributed by atoms with Crippen molar-refractivity contribution in [1.29, 1.82) is 0 Å². The van der Waals surface area contributed by atoms with Crippen molar-refractivity contribution in [3.63, 3.8) is 0 Å². The molecule has 2 heterocycles. The molecule has 242 valence electrons. The van der Waals surface area contributed by atoms with Crippen molar-refractivity contribution in [2.24, 2.45) is 4.99 Å². The number of hydrogen-bond donors (Lipinski definition) is 1. The highest BCUT2D eigenvalue weighted by Gasteiger charge is 2.34. The van der Waals surface area contributed by atoms with Crippen molar-refractivity contribution in [2.75, 3.05) is 13.1 Å². The van der Waals surface area contributed by atoms with Crippen molar-refractivity contribution in [3.05, 3.63) is 155 Å². The number of halogens is 4. The molecule has 6 aromatic carbocycles. The number of hydrogen-bond acceptors (Lipinski definition) is 3. The number of rotatable bonds is 5. The predicted molar refractivity (Wildman–Crippen MR) is 218 cm³/mol. The first kappa shape index (κ1) is 32.7. The second-order valence-electron chi connectivity index (χ2n) is 12.4. The molecule has 0 saturated carbocycles. The second kappa shape index (κ2) is 13.7. The Morgan fingerprint density at radius 2 is 1.12 bits per heavy atom. The van der Waals surface area contributed by atoms with E-state index in [0.717, 1.165) is 122 Å². The number of aliphatic imine (C=N–C) groups is 1. The van der Waals surface area contributed by atoms with Crippen LogP contribution in [0.25, 0.3) is 44.4 Å². The van der Waals surface area contributed by atoms with Gasteiger partial charge < -0.3 is 10.1 Å². The molecule has 1 N–H and O–H groups in total. The maximum Gasteiger partial charge on any atom is 0.147 e. The van der Waals surface area contributed by atoms with Gasteiger partial charge in [-0.2, -0.15) is 0 Å². The zero-order valence-corrected chi connectivity index (χ0v) is 32.9. The van der Waals surface area contributed by atoms with Crippen LogP contribution in [0, 0.1) is 6.92 Å². The van der Waals surface area contributed by atoms with Crippen LogP contribution in [0.3, 0.4) is 0 Å². The van der Waals surface area contributed by atoms with Crippen LogP contribution < -0.4 is 10.1 Å². The van der Waals surface area contributed by atoms with Gasteiger partial charge in [0.2, 0.25) is 0 Å². The summed E-state index contributed by atoms with van der Waals surface area (Å²) in [6.45, 7) is 3.80. The Labute approximate surface area is 320 Å². The molecule has 6 aromatic rings. The number of benzene rings is 6. The fraction of sp³-hybridized carbons (Fsp3) is 0.119. The molecule has 0 aromatic heterocycles. The molecule has 0 aliphatic carbocycles. The first-order chi connectivity index (χ1) is 23.9. The highest BCUT2D eigenvalue weighted by atomic mass is 79.9. The minimum Gasteiger partial charge on any atom is -0.455 e. The van der Waals surface area contributed by atoms with Gasteiger partial charge in [-0.3, -0.25) is 4.99 Å². The fourth-order valence-electron chi connectivity index (χ4n) is 6.91. The van der Waals surface area contributed by atoms with Crippen molar-refractivity contribution >= 4 is 91.7 Å². The van der Waals surface area contributed by atoms with Crippen LogP contribution in [0.15, 0.2) is 132 Å². The van der Waals surface area contributed by atoms with E-state index >= 15 is 0 Å². The summed E-state index contributed by atoms with van der Waals surface area (Å²) in [5.74, 6) is 2.53. The number of amidine groups is 1. The van der Waals surface area contributed by atoms with Crippen molar-refractivity contribution in [1.82, 2.24) is 5.32 Å². The summed E-state index contributed by atoms with van der Waals surface area (Å²) >= 11 is 14.7. The Morgan fingerprint density at radius 3 is 1.71 bits per heavy atom. The molecule has 0 fully saturated rings. The third-order valence-electron chi connectivity index (χ3n) is 9.10. The van der Waals surface area contributed by atoms with Crippen LogP contribution in [0.5, 0.6) is 5.75 Å². The van der Waals surface area contributed by atoms with E-state index in [0.29, 0.717) is 0 Å². The monoisotopic (exact) mass is 894 g/mol. The molecule has 3 nitrogen and oxygen atoms in total. The third kappa shape index (κ3) is 6.24. The smallest absolute Gasteiger partial charge is 0.147 e. The molecule has 2 aliphatic heterocycles. The van der Waals surface area contributed by atoms with E-state index in [1.807, 2.05) is 0 Å². The average Bonchev–Trinajstić information content (AvgIpc) is 3.39. The lowest BCUT2D eigenvalue weighted by atomic mass is 9.80. The Kier molecular flexibility index (Phi) is 9.12. The summed E-state index contributed by atoms with van der Waals surface area (Å²) in [6.07, 6.45) is 2.10. The summed E-state index contributed by atoms with van der Waals surface area (Å²) in [5.41, 5.74) is 11.0. The van der Waals surface area contributed by atoms with E-state index in [1.165, 1.54) is 5.56 Å². The molecular weight excluding hydrogens is 868 g/mol. The lowest BCUT2D eigenvalue weighted by Gasteiger charge is -2.31. The average molecular weight is 898 g/mol. The molecule has 2 aliphatic rings. The maximum atomic E-state index is 7.40. The normalized spacial score (nSPS) is 14.3. The number of ether oxygens (including phenoxy) is 1. The number of nitrogens with zero attached hydrogens (tertiary/aromatic N) is 1. The van der Waals surface area contributed by atoms with Crippen LogP contribution in [0.4, 0.5) is 0 Å². The fourth-order valence-corrected chi connectivity index (χ4v) is 7.97. The Balaban J connectivity index is 1.58. The third-order valence-corrected chi connectivity index (χ3v) is 11.2. The summed E-state index contributed by atoms with van der Waals surface area (Å²) in [5, 5.41) is 5.97. The molecule has 0 bridgehead atoms. The van der Waals surface area contributed by atoms with Gasteiger partial charge in [0.05, 0.1) is 5.56 Å². The van der Waals surface area contributed by atoms with Crippen molar-refractivity contribution in [2.45, 2.75) is 19.8 Å². The molecule has 0 spiro atoms. The van der Waals surface area contributed by atoms with Crippen molar-refractivity contribution in [3.8, 4) is 28.0 Å².